The molecule has 0 spiro atoms. The van der Waals surface area contributed by atoms with E-state index in [1.165, 1.54) is 46.8 Å². The molecule has 0 radical (unpaired) electrons. The van der Waals surface area contributed by atoms with Crippen molar-refractivity contribution in [1.29, 1.82) is 0 Å². The molecule has 188 valence electrons. The number of morpholine rings is 1. The van der Waals surface area contributed by atoms with E-state index in [-0.39, 0.29) is 29.4 Å². The molecule has 1 aliphatic heterocycles. The van der Waals surface area contributed by atoms with Gasteiger partial charge in [-0.25, -0.2) is 13.2 Å². The first-order chi connectivity index (χ1) is 16.6. The van der Waals surface area contributed by atoms with Crippen LogP contribution in [0, 0.1) is 6.92 Å². The molecule has 0 unspecified atom stereocenters. The van der Waals surface area contributed by atoms with Gasteiger partial charge in [0.05, 0.1) is 18.1 Å². The van der Waals surface area contributed by atoms with Crippen LogP contribution in [0.2, 0.25) is 0 Å². The number of amides is 1. The third-order valence-electron chi connectivity index (χ3n) is 4.95. The van der Waals surface area contributed by atoms with E-state index >= 15 is 0 Å². The van der Waals surface area contributed by atoms with E-state index in [1.54, 1.807) is 13.0 Å². The van der Waals surface area contributed by atoms with Gasteiger partial charge in [0.25, 0.3) is 5.91 Å². The van der Waals surface area contributed by atoms with Crippen molar-refractivity contribution >= 4 is 33.7 Å². The second-order valence-electron chi connectivity index (χ2n) is 7.43. The Balaban J connectivity index is 1.55. The Kier molecular flexibility index (Phi) is 8.90. The molecular formula is C23H24F2N2O7S. The zero-order valence-corrected chi connectivity index (χ0v) is 19.6. The summed E-state index contributed by atoms with van der Waals surface area (Å²) in [5.74, 6) is -1.47. The number of halogens is 2. The number of aryl methyl sites for hydroxylation is 1. The molecule has 0 aromatic heterocycles. The number of carbonyl (C=O) groups excluding carboxylic acids is 2. The van der Waals surface area contributed by atoms with Crippen molar-refractivity contribution in [3.05, 3.63) is 59.7 Å². The minimum atomic E-state index is -3.74. The van der Waals surface area contributed by atoms with Crippen LogP contribution < -0.4 is 10.1 Å². The number of benzene rings is 2. The molecule has 0 bridgehead atoms. The van der Waals surface area contributed by atoms with Gasteiger partial charge in [0.15, 0.2) is 6.61 Å². The summed E-state index contributed by atoms with van der Waals surface area (Å²) in [7, 11) is -3.74. The van der Waals surface area contributed by atoms with Gasteiger partial charge in [-0.2, -0.15) is 13.1 Å². The van der Waals surface area contributed by atoms with Crippen LogP contribution in [0.15, 0.2) is 53.4 Å². The lowest BCUT2D eigenvalue weighted by atomic mass is 10.2. The Hall–Kier alpha value is -3.35. The Labute approximate surface area is 201 Å². The van der Waals surface area contributed by atoms with Gasteiger partial charge in [0.2, 0.25) is 10.0 Å². The van der Waals surface area contributed by atoms with Crippen molar-refractivity contribution in [3.8, 4) is 5.75 Å². The summed E-state index contributed by atoms with van der Waals surface area (Å²) in [5, 5.41) is 2.55. The highest BCUT2D eigenvalue weighted by molar-refractivity contribution is 7.89. The fraction of sp³-hybridized carbons (Fsp3) is 0.304. The number of anilines is 1. The SMILES string of the molecule is Cc1ccc(S(=O)(=O)N2CCOCC2)cc1NC(=O)COC(=O)C=Cc1ccc(OC(F)F)cc1. The van der Waals surface area contributed by atoms with Gasteiger partial charge >= 0.3 is 12.6 Å². The number of rotatable bonds is 9. The largest absolute Gasteiger partial charge is 0.452 e. The van der Waals surface area contributed by atoms with Crippen molar-refractivity contribution in [2.24, 2.45) is 0 Å². The Morgan fingerprint density at radius 3 is 2.49 bits per heavy atom. The fourth-order valence-corrected chi connectivity index (χ4v) is 4.56. The molecule has 0 saturated carbocycles. The van der Waals surface area contributed by atoms with E-state index in [0.29, 0.717) is 24.3 Å². The van der Waals surface area contributed by atoms with Gasteiger partial charge in [0.1, 0.15) is 5.75 Å². The van der Waals surface area contributed by atoms with Crippen LogP contribution in [-0.4, -0.2) is 64.1 Å². The average molecular weight is 511 g/mol. The maximum absolute atomic E-state index is 12.8. The van der Waals surface area contributed by atoms with Crippen LogP contribution in [0.25, 0.3) is 6.08 Å². The monoisotopic (exact) mass is 510 g/mol. The predicted octanol–water partition coefficient (Wildman–Crippen LogP) is 2.81. The molecule has 2 aromatic rings. The van der Waals surface area contributed by atoms with E-state index < -0.39 is 35.1 Å². The number of alkyl halides is 2. The number of nitrogens with one attached hydrogen (secondary N) is 1. The number of ether oxygens (including phenoxy) is 3. The van der Waals surface area contributed by atoms with Gasteiger partial charge in [-0.3, -0.25) is 4.79 Å². The summed E-state index contributed by atoms with van der Waals surface area (Å²) < 4.78 is 65.7. The van der Waals surface area contributed by atoms with Gasteiger partial charge in [-0.1, -0.05) is 18.2 Å². The van der Waals surface area contributed by atoms with E-state index in [1.807, 2.05) is 0 Å². The van der Waals surface area contributed by atoms with E-state index in [9.17, 15) is 26.8 Å². The molecule has 9 nitrogen and oxygen atoms in total. The molecule has 1 heterocycles. The number of nitrogens with zero attached hydrogens (tertiary/aromatic N) is 1. The van der Waals surface area contributed by atoms with Crippen molar-refractivity contribution in [2.75, 3.05) is 38.2 Å². The summed E-state index contributed by atoms with van der Waals surface area (Å²) in [4.78, 5) is 24.2. The lowest BCUT2D eigenvalue weighted by Gasteiger charge is -2.26. The van der Waals surface area contributed by atoms with Crippen LogP contribution >= 0.6 is 0 Å². The molecule has 35 heavy (non-hydrogen) atoms. The number of sulfonamides is 1. The Bertz CT molecular complexity index is 1180. The lowest BCUT2D eigenvalue weighted by molar-refractivity contribution is -0.142. The van der Waals surface area contributed by atoms with Crippen molar-refractivity contribution in [3.63, 3.8) is 0 Å². The maximum Gasteiger partial charge on any atom is 0.387 e. The van der Waals surface area contributed by atoms with Gasteiger partial charge in [0, 0.05) is 24.9 Å². The third-order valence-corrected chi connectivity index (χ3v) is 6.85. The highest BCUT2D eigenvalue weighted by atomic mass is 32.2. The molecule has 1 amide bonds. The van der Waals surface area contributed by atoms with E-state index in [0.717, 1.165) is 6.08 Å². The Morgan fingerprint density at radius 2 is 1.83 bits per heavy atom. The quantitative estimate of drug-likeness (QED) is 0.408. The molecule has 1 aliphatic rings. The summed E-state index contributed by atoms with van der Waals surface area (Å²) in [6.07, 6.45) is 2.47. The van der Waals surface area contributed by atoms with Crippen LogP contribution in [0.1, 0.15) is 11.1 Å². The first-order valence-electron chi connectivity index (χ1n) is 10.5. The topological polar surface area (TPSA) is 111 Å². The van der Waals surface area contributed by atoms with Crippen LogP contribution in [0.5, 0.6) is 5.75 Å². The second kappa shape index (κ2) is 11.9. The molecule has 0 aliphatic carbocycles. The number of carbonyl (C=O) groups is 2. The maximum atomic E-state index is 12.8. The standard InChI is InChI=1S/C23H24F2N2O7S/c1-16-2-8-19(35(30,31)27-10-12-32-13-11-27)14-20(16)26-21(28)15-33-22(29)9-5-17-3-6-18(7-4-17)34-23(24)25/h2-9,14,23H,10-13,15H2,1H3,(H,26,28). The lowest BCUT2D eigenvalue weighted by Crippen LogP contribution is -2.40. The number of hydrogen-bond donors (Lipinski definition) is 1. The molecule has 3 rings (SSSR count). The molecule has 12 heteroatoms. The summed E-state index contributed by atoms with van der Waals surface area (Å²) in [6, 6.07) is 9.98. The smallest absolute Gasteiger partial charge is 0.387 e. The highest BCUT2D eigenvalue weighted by Crippen LogP contribution is 2.23. The normalized spacial score (nSPS) is 14.7. The minimum absolute atomic E-state index is 0.0199. The number of hydrogen-bond acceptors (Lipinski definition) is 7. The third kappa shape index (κ3) is 7.57. The van der Waals surface area contributed by atoms with Crippen molar-refractivity contribution < 1.29 is 41.0 Å². The van der Waals surface area contributed by atoms with Crippen LogP contribution in [-0.2, 0) is 29.1 Å². The molecule has 2 aromatic carbocycles. The average Bonchev–Trinajstić information content (AvgIpc) is 2.83. The van der Waals surface area contributed by atoms with Crippen molar-refractivity contribution in [2.45, 2.75) is 18.4 Å². The van der Waals surface area contributed by atoms with E-state index in [2.05, 4.69) is 10.1 Å². The van der Waals surface area contributed by atoms with E-state index in [4.69, 9.17) is 9.47 Å². The summed E-state index contributed by atoms with van der Waals surface area (Å²) in [6.45, 7) is -0.709. The number of esters is 1. The molecule has 0 atom stereocenters. The molecule has 1 saturated heterocycles. The van der Waals surface area contributed by atoms with Crippen LogP contribution in [0.3, 0.4) is 0 Å². The first kappa shape index (κ1) is 26.3. The minimum Gasteiger partial charge on any atom is -0.452 e. The predicted molar refractivity (Wildman–Crippen MR) is 122 cm³/mol. The molecule has 1 N–H and O–H groups in total. The zero-order valence-electron chi connectivity index (χ0n) is 18.8. The molecular weight excluding hydrogens is 486 g/mol. The summed E-state index contributed by atoms with van der Waals surface area (Å²) >= 11 is 0. The highest BCUT2D eigenvalue weighted by Gasteiger charge is 2.27. The fourth-order valence-electron chi connectivity index (χ4n) is 3.13. The summed E-state index contributed by atoms with van der Waals surface area (Å²) in [5.41, 5.74) is 1.44. The second-order valence-corrected chi connectivity index (χ2v) is 9.37. The zero-order chi connectivity index (χ0) is 25.4. The van der Waals surface area contributed by atoms with Crippen LogP contribution in [0.4, 0.5) is 14.5 Å². The van der Waals surface area contributed by atoms with Gasteiger partial charge < -0.3 is 19.5 Å². The van der Waals surface area contributed by atoms with Crippen molar-refractivity contribution in [1.82, 2.24) is 4.31 Å². The Morgan fingerprint density at radius 1 is 1.14 bits per heavy atom. The van der Waals surface area contributed by atoms with Gasteiger partial charge in [-0.05, 0) is 48.4 Å². The molecule has 1 fully saturated rings. The first-order valence-corrected chi connectivity index (χ1v) is 12.0. The van der Waals surface area contributed by atoms with Gasteiger partial charge in [-0.15, -0.1) is 0 Å².